The molecule has 1 aromatic rings. The zero-order valence-electron chi connectivity index (χ0n) is 11.2. The lowest BCUT2D eigenvalue weighted by atomic mass is 10.2. The van der Waals surface area contributed by atoms with Crippen LogP contribution in [0.5, 0.6) is 0 Å². The van der Waals surface area contributed by atoms with Crippen molar-refractivity contribution in [2.45, 2.75) is 32.1 Å². The number of aryl methyl sites for hydroxylation is 1. The lowest BCUT2D eigenvalue weighted by Gasteiger charge is -2.11. The number of carbonyl (C=O) groups is 2. The monoisotopic (exact) mass is 281 g/mol. The zero-order valence-corrected chi connectivity index (χ0v) is 12.0. The predicted octanol–water partition coefficient (Wildman–Crippen LogP) is 2.21. The quantitative estimate of drug-likeness (QED) is 0.804. The van der Waals surface area contributed by atoms with E-state index in [0.717, 1.165) is 5.75 Å². The molecule has 5 heteroatoms. The molecule has 0 aliphatic rings. The Kier molecular flexibility index (Phi) is 6.42. The fraction of sp³-hybridized carbons (Fsp3) is 0.429. The second-order valence-electron chi connectivity index (χ2n) is 4.35. The minimum absolute atomic E-state index is 0.230. The van der Waals surface area contributed by atoms with Crippen molar-refractivity contribution < 1.29 is 14.7 Å². The third kappa shape index (κ3) is 5.79. The number of carbonyl (C=O) groups excluding carboxylic acids is 1. The van der Waals surface area contributed by atoms with Crippen LogP contribution in [0, 0.1) is 6.92 Å². The molecule has 1 atom stereocenters. The third-order valence-corrected chi connectivity index (χ3v) is 3.63. The van der Waals surface area contributed by atoms with Crippen LogP contribution in [0.25, 0.3) is 0 Å². The summed E-state index contributed by atoms with van der Waals surface area (Å²) in [7, 11) is 0. The standard InChI is InChI=1S/C14H19NO3S/c1-3-12(14(17)18)15-13(16)9-19-8-11-6-4-5-10(2)7-11/h4-7,12H,3,8-9H2,1-2H3,(H,15,16)(H,17,18)/t12-/m1/s1. The average Bonchev–Trinajstić information content (AvgIpc) is 2.35. The Balaban J connectivity index is 2.33. The van der Waals surface area contributed by atoms with Gasteiger partial charge >= 0.3 is 5.97 Å². The summed E-state index contributed by atoms with van der Waals surface area (Å²) in [5.41, 5.74) is 2.36. The molecule has 0 fully saturated rings. The first-order valence-electron chi connectivity index (χ1n) is 6.18. The fourth-order valence-electron chi connectivity index (χ4n) is 1.64. The second kappa shape index (κ2) is 7.84. The summed E-state index contributed by atoms with van der Waals surface area (Å²) in [6.07, 6.45) is 0.392. The van der Waals surface area contributed by atoms with E-state index in [1.807, 2.05) is 25.1 Å². The van der Waals surface area contributed by atoms with E-state index in [1.54, 1.807) is 6.92 Å². The number of hydrogen-bond acceptors (Lipinski definition) is 3. The first-order chi connectivity index (χ1) is 9.02. The molecule has 104 valence electrons. The minimum Gasteiger partial charge on any atom is -0.480 e. The van der Waals surface area contributed by atoms with Gasteiger partial charge in [-0.25, -0.2) is 4.79 Å². The molecular formula is C14H19NO3S. The highest BCUT2D eigenvalue weighted by Crippen LogP contribution is 2.13. The summed E-state index contributed by atoms with van der Waals surface area (Å²) >= 11 is 1.48. The summed E-state index contributed by atoms with van der Waals surface area (Å²) in [5, 5.41) is 11.3. The number of aliphatic carboxylic acids is 1. The van der Waals surface area contributed by atoms with Gasteiger partial charge in [0.1, 0.15) is 6.04 Å². The normalized spacial score (nSPS) is 11.9. The number of hydrogen-bond donors (Lipinski definition) is 2. The highest BCUT2D eigenvalue weighted by atomic mass is 32.2. The van der Waals surface area contributed by atoms with Crippen molar-refractivity contribution in [3.63, 3.8) is 0 Å². The van der Waals surface area contributed by atoms with Crippen molar-refractivity contribution in [1.82, 2.24) is 5.32 Å². The maximum atomic E-state index is 11.6. The number of benzene rings is 1. The second-order valence-corrected chi connectivity index (χ2v) is 5.33. The molecule has 0 saturated heterocycles. The first kappa shape index (κ1) is 15.6. The molecule has 1 rings (SSSR count). The van der Waals surface area contributed by atoms with Crippen LogP contribution in [-0.2, 0) is 15.3 Å². The van der Waals surface area contributed by atoms with E-state index < -0.39 is 12.0 Å². The molecule has 0 unspecified atom stereocenters. The van der Waals surface area contributed by atoms with Gasteiger partial charge in [0, 0.05) is 5.75 Å². The maximum absolute atomic E-state index is 11.6. The summed E-state index contributed by atoms with van der Waals surface area (Å²) in [6, 6.07) is 7.33. The average molecular weight is 281 g/mol. The van der Waals surface area contributed by atoms with Gasteiger partial charge in [0.15, 0.2) is 0 Å². The van der Waals surface area contributed by atoms with Gasteiger partial charge in [-0.3, -0.25) is 4.79 Å². The van der Waals surface area contributed by atoms with Crippen molar-refractivity contribution in [3.05, 3.63) is 35.4 Å². The van der Waals surface area contributed by atoms with E-state index in [2.05, 4.69) is 11.4 Å². The molecular weight excluding hydrogens is 262 g/mol. The number of nitrogens with one attached hydrogen (secondary N) is 1. The van der Waals surface area contributed by atoms with Crippen LogP contribution in [0.3, 0.4) is 0 Å². The van der Waals surface area contributed by atoms with Gasteiger partial charge in [-0.1, -0.05) is 36.8 Å². The molecule has 0 saturated carbocycles. The molecule has 0 heterocycles. The maximum Gasteiger partial charge on any atom is 0.326 e. The number of rotatable bonds is 7. The summed E-state index contributed by atoms with van der Waals surface area (Å²) in [6.45, 7) is 3.76. The number of amides is 1. The van der Waals surface area contributed by atoms with Crippen molar-refractivity contribution in [2.24, 2.45) is 0 Å². The van der Waals surface area contributed by atoms with Crippen molar-refractivity contribution in [1.29, 1.82) is 0 Å². The molecule has 0 aliphatic heterocycles. The molecule has 19 heavy (non-hydrogen) atoms. The summed E-state index contributed by atoms with van der Waals surface area (Å²) < 4.78 is 0. The van der Waals surface area contributed by atoms with Gasteiger partial charge in [-0.05, 0) is 18.9 Å². The summed E-state index contributed by atoms with van der Waals surface area (Å²) in [4.78, 5) is 22.4. The molecule has 0 bridgehead atoms. The molecule has 2 N–H and O–H groups in total. The van der Waals surface area contributed by atoms with E-state index in [4.69, 9.17) is 5.11 Å². The van der Waals surface area contributed by atoms with E-state index >= 15 is 0 Å². The lowest BCUT2D eigenvalue weighted by molar-refractivity contribution is -0.141. The first-order valence-corrected chi connectivity index (χ1v) is 7.34. The van der Waals surface area contributed by atoms with Crippen LogP contribution in [-0.4, -0.2) is 28.8 Å². The van der Waals surface area contributed by atoms with Crippen molar-refractivity contribution in [3.8, 4) is 0 Å². The van der Waals surface area contributed by atoms with Crippen LogP contribution in [0.4, 0.5) is 0 Å². The van der Waals surface area contributed by atoms with Crippen LogP contribution in [0.2, 0.25) is 0 Å². The molecule has 1 aromatic carbocycles. The molecule has 0 spiro atoms. The van der Waals surface area contributed by atoms with Gasteiger partial charge in [0.05, 0.1) is 5.75 Å². The van der Waals surface area contributed by atoms with Crippen LogP contribution in [0.1, 0.15) is 24.5 Å². The van der Waals surface area contributed by atoms with Gasteiger partial charge in [0.25, 0.3) is 0 Å². The molecule has 4 nitrogen and oxygen atoms in total. The Bertz CT molecular complexity index is 448. The van der Waals surface area contributed by atoms with Gasteiger partial charge in [-0.15, -0.1) is 11.8 Å². The molecule has 1 amide bonds. The van der Waals surface area contributed by atoms with E-state index in [9.17, 15) is 9.59 Å². The Hall–Kier alpha value is -1.49. The Morgan fingerprint density at radius 1 is 1.42 bits per heavy atom. The summed E-state index contributed by atoms with van der Waals surface area (Å²) in [5.74, 6) is -0.192. The van der Waals surface area contributed by atoms with Crippen molar-refractivity contribution in [2.75, 3.05) is 5.75 Å². The Morgan fingerprint density at radius 2 is 2.16 bits per heavy atom. The highest BCUT2D eigenvalue weighted by Gasteiger charge is 2.17. The van der Waals surface area contributed by atoms with E-state index in [1.165, 1.54) is 22.9 Å². The zero-order chi connectivity index (χ0) is 14.3. The largest absolute Gasteiger partial charge is 0.480 e. The molecule has 0 aliphatic carbocycles. The number of carboxylic acid groups (broad SMARTS) is 1. The van der Waals surface area contributed by atoms with E-state index in [0.29, 0.717) is 6.42 Å². The SMILES string of the molecule is CC[C@@H](NC(=O)CSCc1cccc(C)c1)C(=O)O. The van der Waals surface area contributed by atoms with Crippen LogP contribution in [0.15, 0.2) is 24.3 Å². The highest BCUT2D eigenvalue weighted by molar-refractivity contribution is 7.99. The van der Waals surface area contributed by atoms with Crippen molar-refractivity contribution >= 4 is 23.6 Å². The van der Waals surface area contributed by atoms with Crippen LogP contribution >= 0.6 is 11.8 Å². The lowest BCUT2D eigenvalue weighted by Crippen LogP contribution is -2.41. The predicted molar refractivity (Wildman–Crippen MR) is 77.2 cm³/mol. The fourth-order valence-corrected chi connectivity index (χ4v) is 2.42. The Morgan fingerprint density at radius 3 is 2.74 bits per heavy atom. The molecule has 0 radical (unpaired) electrons. The Labute approximate surface area is 117 Å². The van der Waals surface area contributed by atoms with Crippen LogP contribution < -0.4 is 5.32 Å². The minimum atomic E-state index is -0.987. The smallest absolute Gasteiger partial charge is 0.326 e. The number of carboxylic acids is 1. The van der Waals surface area contributed by atoms with E-state index in [-0.39, 0.29) is 11.7 Å². The molecule has 0 aromatic heterocycles. The topological polar surface area (TPSA) is 66.4 Å². The number of thioether (sulfide) groups is 1. The van der Waals surface area contributed by atoms with Gasteiger partial charge < -0.3 is 10.4 Å². The van der Waals surface area contributed by atoms with Gasteiger partial charge in [0.2, 0.25) is 5.91 Å². The third-order valence-electron chi connectivity index (χ3n) is 2.63. The van der Waals surface area contributed by atoms with Gasteiger partial charge in [-0.2, -0.15) is 0 Å².